The molecular formula is C21H22N4O4. The van der Waals surface area contributed by atoms with Gasteiger partial charge in [-0.1, -0.05) is 6.07 Å². The highest BCUT2D eigenvalue weighted by Gasteiger charge is 2.13. The maximum Gasteiger partial charge on any atom is 0.231 e. The second-order valence-electron chi connectivity index (χ2n) is 6.45. The Labute approximate surface area is 168 Å². The molecule has 1 aliphatic heterocycles. The molecule has 4 rings (SSSR count). The SMILES string of the molecule is COc1ccc(Nc2cc(C)nc(NCc3ccc4c(c3)OCO4)n2)c(OC)c1. The Hall–Kier alpha value is -3.68. The molecule has 3 aromatic rings. The number of nitrogens with zero attached hydrogens (tertiary/aromatic N) is 2. The molecule has 8 nitrogen and oxygen atoms in total. The summed E-state index contributed by atoms with van der Waals surface area (Å²) in [5, 5.41) is 6.54. The summed E-state index contributed by atoms with van der Waals surface area (Å²) in [5.74, 6) is 4.09. The number of benzene rings is 2. The topological polar surface area (TPSA) is 86.8 Å². The molecule has 2 aromatic carbocycles. The Bertz CT molecular complexity index is 1030. The number of fused-ring (bicyclic) bond motifs is 1. The van der Waals surface area contributed by atoms with E-state index in [4.69, 9.17) is 18.9 Å². The van der Waals surface area contributed by atoms with Gasteiger partial charge < -0.3 is 29.6 Å². The summed E-state index contributed by atoms with van der Waals surface area (Å²) < 4.78 is 21.4. The van der Waals surface area contributed by atoms with Crippen molar-refractivity contribution in [1.82, 2.24) is 9.97 Å². The van der Waals surface area contributed by atoms with Gasteiger partial charge in [-0.2, -0.15) is 4.98 Å². The van der Waals surface area contributed by atoms with Gasteiger partial charge >= 0.3 is 0 Å². The zero-order chi connectivity index (χ0) is 20.2. The van der Waals surface area contributed by atoms with E-state index in [0.717, 1.165) is 34.2 Å². The van der Waals surface area contributed by atoms with Crippen molar-refractivity contribution in [2.45, 2.75) is 13.5 Å². The lowest BCUT2D eigenvalue weighted by atomic mass is 10.2. The molecule has 2 N–H and O–H groups in total. The van der Waals surface area contributed by atoms with E-state index in [-0.39, 0.29) is 6.79 Å². The number of hydrogen-bond donors (Lipinski definition) is 2. The standard InChI is InChI=1S/C21H22N4O4/c1-13-8-20(24-16-6-5-15(26-2)10-18(16)27-3)25-21(23-13)22-11-14-4-7-17-19(9-14)29-12-28-17/h4-10H,11-12H2,1-3H3,(H2,22,23,24,25). The first kappa shape index (κ1) is 18.7. The second kappa shape index (κ2) is 8.14. The van der Waals surface area contributed by atoms with E-state index in [1.165, 1.54) is 0 Å². The van der Waals surface area contributed by atoms with Crippen LogP contribution in [0.5, 0.6) is 23.0 Å². The molecule has 1 aliphatic rings. The smallest absolute Gasteiger partial charge is 0.231 e. The van der Waals surface area contributed by atoms with Crippen LogP contribution >= 0.6 is 0 Å². The lowest BCUT2D eigenvalue weighted by Crippen LogP contribution is -2.06. The first-order valence-electron chi connectivity index (χ1n) is 9.12. The number of anilines is 3. The molecule has 0 saturated carbocycles. The Balaban J connectivity index is 1.49. The molecule has 0 atom stereocenters. The minimum atomic E-state index is 0.261. The molecule has 0 amide bonds. The van der Waals surface area contributed by atoms with Crippen LogP contribution in [0.2, 0.25) is 0 Å². The summed E-state index contributed by atoms with van der Waals surface area (Å²) in [6.07, 6.45) is 0. The van der Waals surface area contributed by atoms with Gasteiger partial charge in [0.15, 0.2) is 11.5 Å². The van der Waals surface area contributed by atoms with Gasteiger partial charge in [0.25, 0.3) is 0 Å². The third-order valence-electron chi connectivity index (χ3n) is 4.41. The average Bonchev–Trinajstić information content (AvgIpc) is 3.20. The predicted octanol–water partition coefficient (Wildman–Crippen LogP) is 3.89. The van der Waals surface area contributed by atoms with Crippen LogP contribution in [-0.4, -0.2) is 31.0 Å². The van der Waals surface area contributed by atoms with Crippen LogP contribution in [0.25, 0.3) is 0 Å². The van der Waals surface area contributed by atoms with Gasteiger partial charge in [0.2, 0.25) is 12.7 Å². The van der Waals surface area contributed by atoms with Crippen molar-refractivity contribution in [3.05, 3.63) is 53.7 Å². The van der Waals surface area contributed by atoms with E-state index < -0.39 is 0 Å². The Morgan fingerprint density at radius 2 is 1.83 bits per heavy atom. The molecule has 29 heavy (non-hydrogen) atoms. The fraction of sp³-hybridized carbons (Fsp3) is 0.238. The van der Waals surface area contributed by atoms with Gasteiger partial charge in [0.05, 0.1) is 19.9 Å². The third-order valence-corrected chi connectivity index (χ3v) is 4.41. The number of aromatic nitrogens is 2. The highest BCUT2D eigenvalue weighted by atomic mass is 16.7. The fourth-order valence-corrected chi connectivity index (χ4v) is 2.98. The van der Waals surface area contributed by atoms with Crippen LogP contribution in [0, 0.1) is 6.92 Å². The first-order chi connectivity index (χ1) is 14.1. The number of nitrogens with one attached hydrogen (secondary N) is 2. The molecule has 0 fully saturated rings. The molecule has 0 aliphatic carbocycles. The molecular weight excluding hydrogens is 372 g/mol. The maximum atomic E-state index is 5.44. The van der Waals surface area contributed by atoms with Crippen molar-refractivity contribution >= 4 is 17.5 Å². The van der Waals surface area contributed by atoms with Gasteiger partial charge in [-0.05, 0) is 36.8 Å². The van der Waals surface area contributed by atoms with Crippen molar-refractivity contribution in [3.63, 3.8) is 0 Å². The van der Waals surface area contributed by atoms with Crippen molar-refractivity contribution in [2.75, 3.05) is 31.6 Å². The third kappa shape index (κ3) is 4.26. The highest BCUT2D eigenvalue weighted by Crippen LogP contribution is 2.33. The van der Waals surface area contributed by atoms with Crippen LogP contribution in [0.4, 0.5) is 17.5 Å². The van der Waals surface area contributed by atoms with Gasteiger partial charge in [-0.15, -0.1) is 0 Å². The van der Waals surface area contributed by atoms with Crippen molar-refractivity contribution < 1.29 is 18.9 Å². The van der Waals surface area contributed by atoms with E-state index in [1.807, 2.05) is 49.4 Å². The van der Waals surface area contributed by atoms with E-state index in [1.54, 1.807) is 14.2 Å². The van der Waals surface area contributed by atoms with Crippen molar-refractivity contribution in [3.8, 4) is 23.0 Å². The van der Waals surface area contributed by atoms with Crippen LogP contribution in [0.1, 0.15) is 11.3 Å². The highest BCUT2D eigenvalue weighted by molar-refractivity contribution is 5.66. The number of methoxy groups -OCH3 is 2. The summed E-state index contributed by atoms with van der Waals surface area (Å²) >= 11 is 0. The normalized spacial score (nSPS) is 11.8. The molecule has 1 aromatic heterocycles. The molecule has 8 heteroatoms. The molecule has 2 heterocycles. The molecule has 0 spiro atoms. The zero-order valence-corrected chi connectivity index (χ0v) is 16.5. The fourth-order valence-electron chi connectivity index (χ4n) is 2.98. The van der Waals surface area contributed by atoms with Gasteiger partial charge in [0.1, 0.15) is 17.3 Å². The van der Waals surface area contributed by atoms with Gasteiger partial charge in [-0.3, -0.25) is 0 Å². The monoisotopic (exact) mass is 394 g/mol. The molecule has 0 radical (unpaired) electrons. The molecule has 0 bridgehead atoms. The average molecular weight is 394 g/mol. The minimum Gasteiger partial charge on any atom is -0.497 e. The van der Waals surface area contributed by atoms with Crippen LogP contribution in [0.15, 0.2) is 42.5 Å². The van der Waals surface area contributed by atoms with Crippen molar-refractivity contribution in [2.24, 2.45) is 0 Å². The maximum absolute atomic E-state index is 5.44. The summed E-state index contributed by atoms with van der Waals surface area (Å²) in [6, 6.07) is 13.3. The first-order valence-corrected chi connectivity index (χ1v) is 9.12. The molecule has 150 valence electrons. The summed E-state index contributed by atoms with van der Waals surface area (Å²) in [5.41, 5.74) is 2.67. The molecule has 0 unspecified atom stereocenters. The van der Waals surface area contributed by atoms with E-state index >= 15 is 0 Å². The molecule has 0 saturated heterocycles. The second-order valence-corrected chi connectivity index (χ2v) is 6.45. The van der Waals surface area contributed by atoms with Crippen molar-refractivity contribution in [1.29, 1.82) is 0 Å². The summed E-state index contributed by atoms with van der Waals surface area (Å²) in [7, 11) is 3.23. The largest absolute Gasteiger partial charge is 0.497 e. The van der Waals surface area contributed by atoms with Crippen LogP contribution in [-0.2, 0) is 6.54 Å². The minimum absolute atomic E-state index is 0.261. The lowest BCUT2D eigenvalue weighted by Gasteiger charge is -2.13. The number of aryl methyl sites for hydroxylation is 1. The number of rotatable bonds is 7. The Morgan fingerprint density at radius 1 is 0.966 bits per heavy atom. The van der Waals surface area contributed by atoms with Gasteiger partial charge in [0, 0.05) is 24.4 Å². The van der Waals surface area contributed by atoms with E-state index in [2.05, 4.69) is 20.6 Å². The Morgan fingerprint density at radius 3 is 2.66 bits per heavy atom. The Kier molecular flexibility index (Phi) is 5.24. The van der Waals surface area contributed by atoms with Gasteiger partial charge in [-0.25, -0.2) is 4.98 Å². The van der Waals surface area contributed by atoms with Crippen LogP contribution < -0.4 is 29.6 Å². The van der Waals surface area contributed by atoms with Crippen LogP contribution in [0.3, 0.4) is 0 Å². The lowest BCUT2D eigenvalue weighted by molar-refractivity contribution is 0.174. The predicted molar refractivity (Wildman–Crippen MR) is 109 cm³/mol. The zero-order valence-electron chi connectivity index (χ0n) is 16.5. The number of hydrogen-bond acceptors (Lipinski definition) is 8. The summed E-state index contributed by atoms with van der Waals surface area (Å²) in [4.78, 5) is 9.02. The quantitative estimate of drug-likeness (QED) is 0.624. The van der Waals surface area contributed by atoms with E-state index in [0.29, 0.717) is 24.1 Å². The number of ether oxygens (including phenoxy) is 4. The summed E-state index contributed by atoms with van der Waals surface area (Å²) in [6.45, 7) is 2.74. The van der Waals surface area contributed by atoms with E-state index in [9.17, 15) is 0 Å².